The highest BCUT2D eigenvalue weighted by molar-refractivity contribution is 5.68. The lowest BCUT2D eigenvalue weighted by atomic mass is 9.99. The van der Waals surface area contributed by atoms with Crippen LogP contribution < -0.4 is 4.74 Å². The number of likely N-dealkylation sites (tertiary alicyclic amines) is 1. The van der Waals surface area contributed by atoms with Gasteiger partial charge in [-0.1, -0.05) is 0 Å². The number of hydrogen-bond donors (Lipinski definition) is 0. The van der Waals surface area contributed by atoms with Gasteiger partial charge in [0.05, 0.1) is 7.11 Å². The molecular formula is C17H26N2O3. The number of hydrogen-bond acceptors (Lipinski definition) is 4. The number of carbonyl (C=O) groups is 1. The summed E-state index contributed by atoms with van der Waals surface area (Å²) in [5, 5.41) is 0. The van der Waals surface area contributed by atoms with Gasteiger partial charge in [0.15, 0.2) is 0 Å². The van der Waals surface area contributed by atoms with Gasteiger partial charge in [0.25, 0.3) is 0 Å². The molecular weight excluding hydrogens is 280 g/mol. The van der Waals surface area contributed by atoms with Crippen LogP contribution in [0.5, 0.6) is 5.88 Å². The molecule has 2 heterocycles. The van der Waals surface area contributed by atoms with Crippen molar-refractivity contribution in [2.75, 3.05) is 20.2 Å². The van der Waals surface area contributed by atoms with Gasteiger partial charge in [0.1, 0.15) is 5.60 Å². The highest BCUT2D eigenvalue weighted by Crippen LogP contribution is 2.24. The van der Waals surface area contributed by atoms with Crippen molar-refractivity contribution in [1.82, 2.24) is 9.88 Å². The van der Waals surface area contributed by atoms with Gasteiger partial charge in [0, 0.05) is 24.8 Å². The van der Waals surface area contributed by atoms with Crippen LogP contribution in [0.15, 0.2) is 12.1 Å². The first-order valence-corrected chi connectivity index (χ1v) is 7.76. The number of amides is 1. The summed E-state index contributed by atoms with van der Waals surface area (Å²) in [6.45, 7) is 9.16. The zero-order valence-corrected chi connectivity index (χ0v) is 14.2. The molecule has 0 bridgehead atoms. The van der Waals surface area contributed by atoms with E-state index >= 15 is 0 Å². The Bertz CT molecular complexity index is 537. The van der Waals surface area contributed by atoms with E-state index in [1.807, 2.05) is 33.8 Å². The number of methoxy groups -OCH3 is 1. The first kappa shape index (κ1) is 16.6. The molecule has 0 N–H and O–H groups in total. The second kappa shape index (κ2) is 6.55. The number of rotatable bonds is 3. The summed E-state index contributed by atoms with van der Waals surface area (Å²) >= 11 is 0. The normalized spacial score (nSPS) is 18.4. The summed E-state index contributed by atoms with van der Waals surface area (Å²) in [6.07, 6.45) is 1.72. The summed E-state index contributed by atoms with van der Waals surface area (Å²) in [5.41, 5.74) is 1.72. The fourth-order valence-electron chi connectivity index (χ4n) is 2.75. The van der Waals surface area contributed by atoms with Gasteiger partial charge in [-0.25, -0.2) is 9.78 Å². The Hall–Kier alpha value is -1.78. The Morgan fingerprint density at radius 2 is 2.14 bits per heavy atom. The lowest BCUT2D eigenvalue weighted by molar-refractivity contribution is 0.0288. The van der Waals surface area contributed by atoms with Crippen molar-refractivity contribution in [2.45, 2.75) is 46.1 Å². The Balaban J connectivity index is 1.94. The zero-order valence-electron chi connectivity index (χ0n) is 14.2. The Morgan fingerprint density at radius 1 is 1.41 bits per heavy atom. The third kappa shape index (κ3) is 4.61. The van der Waals surface area contributed by atoms with E-state index in [0.29, 0.717) is 11.8 Å². The van der Waals surface area contributed by atoms with Crippen molar-refractivity contribution in [1.29, 1.82) is 0 Å². The van der Waals surface area contributed by atoms with E-state index in [1.165, 1.54) is 5.56 Å². The molecule has 2 rings (SSSR count). The number of pyridine rings is 1. The predicted molar refractivity (Wildman–Crippen MR) is 85.1 cm³/mol. The molecule has 1 amide bonds. The van der Waals surface area contributed by atoms with E-state index in [1.54, 1.807) is 12.0 Å². The monoisotopic (exact) mass is 306 g/mol. The van der Waals surface area contributed by atoms with Crippen LogP contribution in [-0.2, 0) is 11.2 Å². The van der Waals surface area contributed by atoms with Crippen LogP contribution in [0.1, 0.15) is 38.4 Å². The van der Waals surface area contributed by atoms with Crippen molar-refractivity contribution >= 4 is 6.09 Å². The van der Waals surface area contributed by atoms with E-state index in [4.69, 9.17) is 9.47 Å². The molecule has 122 valence electrons. The molecule has 5 nitrogen and oxygen atoms in total. The van der Waals surface area contributed by atoms with Gasteiger partial charge in [-0.2, -0.15) is 0 Å². The minimum atomic E-state index is -0.440. The fraction of sp³-hybridized carbons (Fsp3) is 0.647. The van der Waals surface area contributed by atoms with Crippen molar-refractivity contribution in [3.63, 3.8) is 0 Å². The van der Waals surface area contributed by atoms with Crippen LogP contribution in [-0.4, -0.2) is 41.8 Å². The van der Waals surface area contributed by atoms with Gasteiger partial charge in [0.2, 0.25) is 5.88 Å². The SMILES string of the molecule is COc1cc(C[C@H]2CCN(C(=O)OC(C)(C)C)C2)cc(C)n1. The highest BCUT2D eigenvalue weighted by Gasteiger charge is 2.29. The van der Waals surface area contributed by atoms with Gasteiger partial charge in [-0.3, -0.25) is 0 Å². The Kier molecular flexibility index (Phi) is 4.94. The fourth-order valence-corrected chi connectivity index (χ4v) is 2.75. The smallest absolute Gasteiger partial charge is 0.410 e. The van der Waals surface area contributed by atoms with E-state index < -0.39 is 5.60 Å². The predicted octanol–water partition coefficient (Wildman–Crippen LogP) is 3.20. The van der Waals surface area contributed by atoms with Crippen LogP contribution in [0, 0.1) is 12.8 Å². The van der Waals surface area contributed by atoms with Crippen LogP contribution >= 0.6 is 0 Å². The molecule has 5 heteroatoms. The summed E-state index contributed by atoms with van der Waals surface area (Å²) in [5.74, 6) is 1.11. The standard InChI is InChI=1S/C17H26N2O3/c1-12-8-14(10-15(18-12)21-5)9-13-6-7-19(11-13)16(20)22-17(2,3)4/h8,10,13H,6-7,9,11H2,1-5H3/t13-/m1/s1. The molecule has 0 radical (unpaired) electrons. The zero-order chi connectivity index (χ0) is 16.3. The number of aryl methyl sites for hydroxylation is 1. The molecule has 1 aromatic heterocycles. The number of carbonyl (C=O) groups excluding carboxylic acids is 1. The maximum Gasteiger partial charge on any atom is 0.410 e. The number of aromatic nitrogens is 1. The molecule has 0 unspecified atom stereocenters. The second-order valence-electron chi connectivity index (χ2n) is 6.94. The van der Waals surface area contributed by atoms with Gasteiger partial charge in [-0.05, 0) is 58.1 Å². The first-order chi connectivity index (χ1) is 10.3. The van der Waals surface area contributed by atoms with Crippen LogP contribution in [0.3, 0.4) is 0 Å². The molecule has 1 aliphatic rings. The Labute approximate surface area is 132 Å². The summed E-state index contributed by atoms with van der Waals surface area (Å²) in [7, 11) is 1.63. The largest absolute Gasteiger partial charge is 0.481 e. The highest BCUT2D eigenvalue weighted by atomic mass is 16.6. The molecule has 0 saturated carbocycles. The maximum atomic E-state index is 12.1. The van der Waals surface area contributed by atoms with Crippen molar-refractivity contribution < 1.29 is 14.3 Å². The van der Waals surface area contributed by atoms with E-state index in [0.717, 1.165) is 31.6 Å². The number of nitrogens with zero attached hydrogens (tertiary/aromatic N) is 2. The molecule has 1 aromatic rings. The molecule has 1 atom stereocenters. The average Bonchev–Trinajstić information content (AvgIpc) is 2.84. The summed E-state index contributed by atoms with van der Waals surface area (Å²) < 4.78 is 10.7. The third-order valence-corrected chi connectivity index (χ3v) is 3.66. The van der Waals surface area contributed by atoms with Crippen molar-refractivity contribution in [3.8, 4) is 5.88 Å². The molecule has 0 spiro atoms. The minimum Gasteiger partial charge on any atom is -0.481 e. The Morgan fingerprint density at radius 3 is 2.77 bits per heavy atom. The molecule has 0 aliphatic carbocycles. The molecule has 0 aromatic carbocycles. The second-order valence-corrected chi connectivity index (χ2v) is 6.94. The molecule has 1 saturated heterocycles. The molecule has 1 fully saturated rings. The molecule has 1 aliphatic heterocycles. The summed E-state index contributed by atoms with van der Waals surface area (Å²) in [4.78, 5) is 18.2. The summed E-state index contributed by atoms with van der Waals surface area (Å²) in [6, 6.07) is 4.06. The molecule has 22 heavy (non-hydrogen) atoms. The van der Waals surface area contributed by atoms with Crippen molar-refractivity contribution in [2.24, 2.45) is 5.92 Å². The topological polar surface area (TPSA) is 51.7 Å². The van der Waals surface area contributed by atoms with Crippen LogP contribution in [0.4, 0.5) is 4.79 Å². The van der Waals surface area contributed by atoms with Crippen LogP contribution in [0.25, 0.3) is 0 Å². The van der Waals surface area contributed by atoms with E-state index in [-0.39, 0.29) is 6.09 Å². The van der Waals surface area contributed by atoms with E-state index in [9.17, 15) is 4.79 Å². The van der Waals surface area contributed by atoms with Crippen LogP contribution in [0.2, 0.25) is 0 Å². The quantitative estimate of drug-likeness (QED) is 0.860. The van der Waals surface area contributed by atoms with Crippen molar-refractivity contribution in [3.05, 3.63) is 23.4 Å². The number of ether oxygens (including phenoxy) is 2. The third-order valence-electron chi connectivity index (χ3n) is 3.66. The maximum absolute atomic E-state index is 12.1. The first-order valence-electron chi connectivity index (χ1n) is 7.76. The van der Waals surface area contributed by atoms with Gasteiger partial charge >= 0.3 is 6.09 Å². The average molecular weight is 306 g/mol. The lowest BCUT2D eigenvalue weighted by Crippen LogP contribution is -2.35. The van der Waals surface area contributed by atoms with Gasteiger partial charge in [-0.15, -0.1) is 0 Å². The van der Waals surface area contributed by atoms with E-state index in [2.05, 4.69) is 11.1 Å². The van der Waals surface area contributed by atoms with Gasteiger partial charge < -0.3 is 14.4 Å². The lowest BCUT2D eigenvalue weighted by Gasteiger charge is -2.24. The minimum absolute atomic E-state index is 0.210.